The van der Waals surface area contributed by atoms with Crippen LogP contribution < -0.4 is 18.9 Å². The average molecular weight is 446 g/mol. The molecule has 1 aromatic heterocycles. The number of esters is 1. The van der Waals surface area contributed by atoms with Crippen LogP contribution in [0.4, 0.5) is 0 Å². The van der Waals surface area contributed by atoms with Crippen LogP contribution in [-0.2, 0) is 4.79 Å². The van der Waals surface area contributed by atoms with Gasteiger partial charge in [0.15, 0.2) is 23.0 Å². The van der Waals surface area contributed by atoms with Crippen molar-refractivity contribution < 1.29 is 23.7 Å². The third-order valence-electron chi connectivity index (χ3n) is 4.55. The molecule has 0 aliphatic rings. The summed E-state index contributed by atoms with van der Waals surface area (Å²) in [5.74, 6) is 1.60. The first-order chi connectivity index (χ1) is 16.1. The Balaban J connectivity index is 1.71. The predicted molar refractivity (Wildman–Crippen MR) is 130 cm³/mol. The number of nitrogens with zero attached hydrogens (tertiary/aromatic N) is 1. The van der Waals surface area contributed by atoms with Crippen LogP contribution in [0.15, 0.2) is 67.0 Å². The molecule has 0 saturated heterocycles. The average Bonchev–Trinajstić information content (AvgIpc) is 2.84. The summed E-state index contributed by atoms with van der Waals surface area (Å²) in [6.07, 6.45) is 10.4. The largest absolute Gasteiger partial charge is 0.493 e. The predicted octanol–water partition coefficient (Wildman–Crippen LogP) is 5.68. The fourth-order valence-corrected chi connectivity index (χ4v) is 3.02. The number of hydrogen-bond acceptors (Lipinski definition) is 6. The molecule has 6 heteroatoms. The number of methoxy groups -OCH3 is 1. The fraction of sp³-hybridized carbons (Fsp3) is 0.185. The van der Waals surface area contributed by atoms with Crippen molar-refractivity contribution in [3.05, 3.63) is 83.7 Å². The zero-order valence-corrected chi connectivity index (χ0v) is 19.0. The first-order valence-corrected chi connectivity index (χ1v) is 10.7. The van der Waals surface area contributed by atoms with E-state index in [0.717, 1.165) is 16.7 Å². The van der Waals surface area contributed by atoms with Crippen molar-refractivity contribution in [2.45, 2.75) is 13.8 Å². The minimum atomic E-state index is -0.510. The minimum absolute atomic E-state index is 0.358. The van der Waals surface area contributed by atoms with Gasteiger partial charge in [-0.1, -0.05) is 24.3 Å². The molecule has 3 rings (SSSR count). The maximum atomic E-state index is 12.4. The van der Waals surface area contributed by atoms with Crippen molar-refractivity contribution in [1.82, 2.24) is 4.98 Å². The van der Waals surface area contributed by atoms with E-state index >= 15 is 0 Å². The summed E-state index contributed by atoms with van der Waals surface area (Å²) in [6, 6.07) is 14.7. The van der Waals surface area contributed by atoms with Crippen molar-refractivity contribution >= 4 is 24.2 Å². The van der Waals surface area contributed by atoms with Gasteiger partial charge in [0.25, 0.3) is 0 Å². The SMILES string of the molecule is CCOc1ccc(/C=C/C(=O)Oc2ccc(/C=C/c3ccncc3)cc2OCC)cc1OC. The van der Waals surface area contributed by atoms with Gasteiger partial charge < -0.3 is 18.9 Å². The number of benzene rings is 2. The van der Waals surface area contributed by atoms with Gasteiger partial charge >= 0.3 is 5.97 Å². The highest BCUT2D eigenvalue weighted by atomic mass is 16.6. The quantitative estimate of drug-likeness (QED) is 0.227. The van der Waals surface area contributed by atoms with Gasteiger partial charge in [-0.15, -0.1) is 0 Å². The summed E-state index contributed by atoms with van der Waals surface area (Å²) in [6.45, 7) is 4.77. The molecule has 33 heavy (non-hydrogen) atoms. The molecule has 0 aliphatic heterocycles. The number of aromatic nitrogens is 1. The Hall–Kier alpha value is -4.06. The van der Waals surface area contributed by atoms with E-state index in [1.54, 1.807) is 43.8 Å². The van der Waals surface area contributed by atoms with Crippen LogP contribution in [0.5, 0.6) is 23.0 Å². The van der Waals surface area contributed by atoms with E-state index in [-0.39, 0.29) is 0 Å². The first-order valence-electron chi connectivity index (χ1n) is 10.7. The van der Waals surface area contributed by atoms with E-state index in [4.69, 9.17) is 18.9 Å². The number of ether oxygens (including phenoxy) is 4. The molecule has 0 atom stereocenters. The van der Waals surface area contributed by atoms with E-state index in [0.29, 0.717) is 36.2 Å². The molecule has 0 bridgehead atoms. The van der Waals surface area contributed by atoms with Gasteiger partial charge in [0.2, 0.25) is 0 Å². The number of carbonyl (C=O) groups excluding carboxylic acids is 1. The maximum Gasteiger partial charge on any atom is 0.336 e. The van der Waals surface area contributed by atoms with Crippen molar-refractivity contribution in [2.75, 3.05) is 20.3 Å². The van der Waals surface area contributed by atoms with Crippen LogP contribution >= 0.6 is 0 Å². The van der Waals surface area contributed by atoms with Gasteiger partial charge in [-0.3, -0.25) is 4.98 Å². The molecule has 0 amide bonds. The Labute approximate surface area is 194 Å². The lowest BCUT2D eigenvalue weighted by Gasteiger charge is -2.11. The molecule has 2 aromatic carbocycles. The zero-order chi connectivity index (χ0) is 23.5. The van der Waals surface area contributed by atoms with Crippen molar-refractivity contribution in [1.29, 1.82) is 0 Å². The molecule has 170 valence electrons. The van der Waals surface area contributed by atoms with Gasteiger partial charge in [0, 0.05) is 18.5 Å². The summed E-state index contributed by atoms with van der Waals surface area (Å²) in [7, 11) is 1.57. The fourth-order valence-electron chi connectivity index (χ4n) is 3.02. The second-order valence-corrected chi connectivity index (χ2v) is 6.85. The number of carbonyl (C=O) groups is 1. The van der Waals surface area contributed by atoms with E-state index in [2.05, 4.69) is 4.98 Å². The number of rotatable bonds is 10. The summed E-state index contributed by atoms with van der Waals surface area (Å²) in [4.78, 5) is 16.4. The highest BCUT2D eigenvalue weighted by molar-refractivity contribution is 5.89. The van der Waals surface area contributed by atoms with Crippen molar-refractivity contribution in [3.8, 4) is 23.0 Å². The van der Waals surface area contributed by atoms with Gasteiger partial charge in [-0.2, -0.15) is 0 Å². The third kappa shape index (κ3) is 6.97. The van der Waals surface area contributed by atoms with E-state index < -0.39 is 5.97 Å². The molecular weight excluding hydrogens is 418 g/mol. The molecule has 6 nitrogen and oxygen atoms in total. The highest BCUT2D eigenvalue weighted by Crippen LogP contribution is 2.30. The Bertz CT molecular complexity index is 1120. The normalized spacial score (nSPS) is 11.0. The summed E-state index contributed by atoms with van der Waals surface area (Å²) < 4.78 is 22.1. The van der Waals surface area contributed by atoms with Crippen LogP contribution in [0.3, 0.4) is 0 Å². The standard InChI is InChI=1S/C27H27NO5/c1-4-31-23-11-8-22(18-25(23)30-3)10-13-27(29)33-24-12-9-21(19-26(24)32-5-2)7-6-20-14-16-28-17-15-20/h6-19H,4-5H2,1-3H3/b7-6+,13-10+. The van der Waals surface area contributed by atoms with Crippen LogP contribution in [0.2, 0.25) is 0 Å². The maximum absolute atomic E-state index is 12.4. The van der Waals surface area contributed by atoms with Crippen LogP contribution in [0.1, 0.15) is 30.5 Å². The number of pyridine rings is 1. The molecule has 3 aromatic rings. The summed E-state index contributed by atoms with van der Waals surface area (Å²) in [5.41, 5.74) is 2.75. The van der Waals surface area contributed by atoms with Gasteiger partial charge in [-0.25, -0.2) is 4.79 Å². The Morgan fingerprint density at radius 1 is 0.758 bits per heavy atom. The molecule has 1 heterocycles. The second-order valence-electron chi connectivity index (χ2n) is 6.85. The lowest BCUT2D eigenvalue weighted by Crippen LogP contribution is -2.06. The lowest BCUT2D eigenvalue weighted by molar-refractivity contribution is -0.129. The molecule has 0 aliphatic carbocycles. The molecule has 0 N–H and O–H groups in total. The monoisotopic (exact) mass is 445 g/mol. The van der Waals surface area contributed by atoms with Gasteiger partial charge in [-0.05, 0) is 73.0 Å². The van der Waals surface area contributed by atoms with Crippen LogP contribution in [-0.4, -0.2) is 31.3 Å². The van der Waals surface area contributed by atoms with E-state index in [1.165, 1.54) is 6.08 Å². The summed E-state index contributed by atoms with van der Waals surface area (Å²) >= 11 is 0. The smallest absolute Gasteiger partial charge is 0.336 e. The van der Waals surface area contributed by atoms with Gasteiger partial charge in [0.05, 0.1) is 20.3 Å². The van der Waals surface area contributed by atoms with Crippen LogP contribution in [0, 0.1) is 0 Å². The van der Waals surface area contributed by atoms with E-state index in [1.807, 2.05) is 56.3 Å². The molecule has 0 unspecified atom stereocenters. The zero-order valence-electron chi connectivity index (χ0n) is 19.0. The second kappa shape index (κ2) is 12.1. The summed E-state index contributed by atoms with van der Waals surface area (Å²) in [5, 5.41) is 0. The van der Waals surface area contributed by atoms with Crippen molar-refractivity contribution in [3.63, 3.8) is 0 Å². The topological polar surface area (TPSA) is 66.9 Å². The Morgan fingerprint density at radius 2 is 1.36 bits per heavy atom. The van der Waals surface area contributed by atoms with Gasteiger partial charge in [0.1, 0.15) is 0 Å². The van der Waals surface area contributed by atoms with Crippen molar-refractivity contribution in [2.24, 2.45) is 0 Å². The molecule has 0 fully saturated rings. The Kier molecular flexibility index (Phi) is 8.65. The lowest BCUT2D eigenvalue weighted by atomic mass is 10.1. The molecular formula is C27H27NO5. The van der Waals surface area contributed by atoms with Crippen LogP contribution in [0.25, 0.3) is 18.2 Å². The first kappa shape index (κ1) is 23.6. The highest BCUT2D eigenvalue weighted by Gasteiger charge is 2.10. The Morgan fingerprint density at radius 3 is 2.06 bits per heavy atom. The third-order valence-corrected chi connectivity index (χ3v) is 4.55. The number of hydrogen-bond donors (Lipinski definition) is 0. The molecule has 0 radical (unpaired) electrons. The molecule has 0 saturated carbocycles. The minimum Gasteiger partial charge on any atom is -0.493 e. The van der Waals surface area contributed by atoms with E-state index in [9.17, 15) is 4.79 Å². The molecule has 0 spiro atoms.